The maximum absolute atomic E-state index is 14.0. The second kappa shape index (κ2) is 10.7. The first-order chi connectivity index (χ1) is 18.1. The Morgan fingerprint density at radius 3 is 2.51 bits per heavy atom. The van der Waals surface area contributed by atoms with Gasteiger partial charge in [-0.1, -0.05) is 36.4 Å². The topological polar surface area (TPSA) is 81.2 Å². The number of rotatable bonds is 9. The molecule has 2 heterocycles. The number of aromatic nitrogens is 3. The van der Waals surface area contributed by atoms with Crippen molar-refractivity contribution in [2.45, 2.75) is 13.0 Å². The Morgan fingerprint density at radius 2 is 1.76 bits per heavy atom. The summed E-state index contributed by atoms with van der Waals surface area (Å²) < 4.78 is 26.4. The second-order valence-electron chi connectivity index (χ2n) is 8.61. The fraction of sp³-hybridized carbons (Fsp3) is 0.172. The highest BCUT2D eigenvalue weighted by Gasteiger charge is 2.17. The molecule has 5 aromatic rings. The number of nitrogens with one attached hydrogen (secondary N) is 2. The molecule has 0 bridgehead atoms. The molecule has 0 saturated carbocycles. The van der Waals surface area contributed by atoms with Crippen LogP contribution in [0, 0.1) is 5.82 Å². The van der Waals surface area contributed by atoms with Crippen LogP contribution in [-0.2, 0) is 13.0 Å². The average Bonchev–Trinajstić information content (AvgIpc) is 3.29. The third kappa shape index (κ3) is 5.10. The Bertz CT molecular complexity index is 1590. The van der Waals surface area contributed by atoms with Crippen molar-refractivity contribution in [1.29, 1.82) is 0 Å². The third-order valence-electron chi connectivity index (χ3n) is 6.22. The quantitative estimate of drug-likeness (QED) is 0.284. The van der Waals surface area contributed by atoms with Gasteiger partial charge in [0.25, 0.3) is 5.56 Å². The van der Waals surface area contributed by atoms with Crippen LogP contribution in [0.2, 0.25) is 0 Å². The molecule has 0 atom stereocenters. The van der Waals surface area contributed by atoms with Crippen LogP contribution < -0.4 is 20.3 Å². The zero-order valence-corrected chi connectivity index (χ0v) is 20.6. The summed E-state index contributed by atoms with van der Waals surface area (Å²) in [6, 6.07) is 23.5. The minimum Gasteiger partial charge on any atom is -0.493 e. The molecule has 0 aliphatic carbocycles. The fourth-order valence-electron chi connectivity index (χ4n) is 4.34. The normalized spacial score (nSPS) is 11.1. The van der Waals surface area contributed by atoms with E-state index in [1.165, 1.54) is 12.1 Å². The predicted molar refractivity (Wildman–Crippen MR) is 142 cm³/mol. The van der Waals surface area contributed by atoms with Gasteiger partial charge in [-0.05, 0) is 61.0 Å². The van der Waals surface area contributed by atoms with Crippen molar-refractivity contribution in [3.05, 3.63) is 106 Å². The highest BCUT2D eigenvalue weighted by Crippen LogP contribution is 2.30. The predicted octanol–water partition coefficient (Wildman–Crippen LogP) is 4.87. The lowest BCUT2D eigenvalue weighted by Gasteiger charge is -2.10. The number of para-hydroxylation sites is 1. The lowest BCUT2D eigenvalue weighted by molar-refractivity contribution is 0.354. The first-order valence-electron chi connectivity index (χ1n) is 12.0. The standard InChI is InChI=1S/C29H27FN4O3/c1-36-25-12-11-19(15-26(25)37-2)13-14-31-18-21-17-24-27(20-7-6-8-22(30)16-20)33-34(28(24)32-29(21)35)23-9-4-3-5-10-23/h3-12,15-17,31H,13-14,18H2,1-2H3,(H,32,35). The SMILES string of the molecule is COc1ccc(CCNCc2cc3c(-c4cccc(F)c4)nn(-c4ccccc4)c3[nH]c2=O)cc1OC. The minimum atomic E-state index is -0.346. The number of methoxy groups -OCH3 is 2. The van der Waals surface area contributed by atoms with E-state index in [4.69, 9.17) is 14.6 Å². The molecule has 0 aliphatic rings. The smallest absolute Gasteiger partial charge is 0.254 e. The average molecular weight is 499 g/mol. The maximum Gasteiger partial charge on any atom is 0.254 e. The van der Waals surface area contributed by atoms with E-state index in [1.54, 1.807) is 25.0 Å². The molecule has 7 nitrogen and oxygen atoms in total. The minimum absolute atomic E-state index is 0.200. The number of hydrogen-bond donors (Lipinski definition) is 2. The van der Waals surface area contributed by atoms with Crippen molar-refractivity contribution in [3.8, 4) is 28.4 Å². The van der Waals surface area contributed by atoms with E-state index < -0.39 is 0 Å². The van der Waals surface area contributed by atoms with E-state index in [9.17, 15) is 9.18 Å². The summed E-state index contributed by atoms with van der Waals surface area (Å²) in [5, 5.41) is 8.85. The summed E-state index contributed by atoms with van der Waals surface area (Å²) in [6.07, 6.45) is 0.751. The number of pyridine rings is 1. The van der Waals surface area contributed by atoms with E-state index in [2.05, 4.69) is 10.3 Å². The van der Waals surface area contributed by atoms with Crippen molar-refractivity contribution < 1.29 is 13.9 Å². The molecule has 188 valence electrons. The van der Waals surface area contributed by atoms with Gasteiger partial charge >= 0.3 is 0 Å². The number of benzene rings is 3. The van der Waals surface area contributed by atoms with Gasteiger partial charge in [0.2, 0.25) is 0 Å². The van der Waals surface area contributed by atoms with Crippen molar-refractivity contribution >= 4 is 11.0 Å². The fourth-order valence-corrected chi connectivity index (χ4v) is 4.34. The van der Waals surface area contributed by atoms with E-state index >= 15 is 0 Å². The molecule has 0 aliphatic heterocycles. The molecule has 0 saturated heterocycles. The van der Waals surface area contributed by atoms with Crippen molar-refractivity contribution in [1.82, 2.24) is 20.1 Å². The van der Waals surface area contributed by atoms with Crippen molar-refractivity contribution in [2.24, 2.45) is 0 Å². The van der Waals surface area contributed by atoms with Gasteiger partial charge < -0.3 is 19.8 Å². The Balaban J connectivity index is 1.42. The number of nitrogens with zero attached hydrogens (tertiary/aromatic N) is 2. The molecule has 0 spiro atoms. The number of halogens is 1. The number of fused-ring (bicyclic) bond motifs is 1. The van der Waals surface area contributed by atoms with Crippen LogP contribution in [0.5, 0.6) is 11.5 Å². The zero-order chi connectivity index (χ0) is 25.8. The highest BCUT2D eigenvalue weighted by atomic mass is 19.1. The van der Waals surface area contributed by atoms with E-state index in [-0.39, 0.29) is 11.4 Å². The molecular weight excluding hydrogens is 471 g/mol. The summed E-state index contributed by atoms with van der Waals surface area (Å²) in [5.74, 6) is 1.02. The molecular formula is C29H27FN4O3. The molecule has 0 fully saturated rings. The number of hydrogen-bond acceptors (Lipinski definition) is 5. The number of aromatic amines is 1. The van der Waals surface area contributed by atoms with Crippen LogP contribution in [0.4, 0.5) is 4.39 Å². The molecule has 0 radical (unpaired) electrons. The van der Waals surface area contributed by atoms with Crippen molar-refractivity contribution in [3.63, 3.8) is 0 Å². The molecule has 2 N–H and O–H groups in total. The summed E-state index contributed by atoms with van der Waals surface area (Å²) in [7, 11) is 3.22. The number of H-pyrrole nitrogens is 1. The van der Waals surface area contributed by atoms with Gasteiger partial charge in [0, 0.05) is 23.1 Å². The summed E-state index contributed by atoms with van der Waals surface area (Å²) in [5.41, 5.74) is 4.06. The summed E-state index contributed by atoms with van der Waals surface area (Å²) in [4.78, 5) is 16.0. The van der Waals surface area contributed by atoms with Gasteiger partial charge in [0.1, 0.15) is 17.2 Å². The molecule has 8 heteroatoms. The molecule has 37 heavy (non-hydrogen) atoms. The molecule has 3 aromatic carbocycles. The first-order valence-corrected chi connectivity index (χ1v) is 12.0. The van der Waals surface area contributed by atoms with Gasteiger partial charge in [0.15, 0.2) is 11.5 Å². The highest BCUT2D eigenvalue weighted by molar-refractivity contribution is 5.92. The van der Waals surface area contributed by atoms with Crippen LogP contribution in [0.15, 0.2) is 83.7 Å². The summed E-state index contributed by atoms with van der Waals surface area (Å²) >= 11 is 0. The lowest BCUT2D eigenvalue weighted by atomic mass is 10.1. The zero-order valence-electron chi connectivity index (χ0n) is 20.6. The Labute approximate surface area is 213 Å². The number of ether oxygens (including phenoxy) is 2. The van der Waals surface area contributed by atoms with Crippen LogP contribution in [0.3, 0.4) is 0 Å². The van der Waals surface area contributed by atoms with Crippen LogP contribution in [0.1, 0.15) is 11.1 Å². The Kier molecular flexibility index (Phi) is 7.00. The van der Waals surface area contributed by atoms with Gasteiger partial charge in [-0.15, -0.1) is 0 Å². The maximum atomic E-state index is 14.0. The van der Waals surface area contributed by atoms with Crippen molar-refractivity contribution in [2.75, 3.05) is 20.8 Å². The summed E-state index contributed by atoms with van der Waals surface area (Å²) in [6.45, 7) is 1.03. The van der Waals surface area contributed by atoms with Gasteiger partial charge in [-0.2, -0.15) is 5.10 Å². The Hall–Kier alpha value is -4.43. The van der Waals surface area contributed by atoms with Gasteiger partial charge in [0.05, 0.1) is 19.9 Å². The van der Waals surface area contributed by atoms with Crippen LogP contribution in [-0.4, -0.2) is 35.5 Å². The van der Waals surface area contributed by atoms with Crippen LogP contribution >= 0.6 is 0 Å². The van der Waals surface area contributed by atoms with E-state index in [0.717, 1.165) is 23.1 Å². The third-order valence-corrected chi connectivity index (χ3v) is 6.22. The molecule has 2 aromatic heterocycles. The van der Waals surface area contributed by atoms with Crippen LogP contribution in [0.25, 0.3) is 28.0 Å². The second-order valence-corrected chi connectivity index (χ2v) is 8.61. The Morgan fingerprint density at radius 1 is 0.946 bits per heavy atom. The van der Waals surface area contributed by atoms with E-state index in [0.29, 0.717) is 47.1 Å². The first kappa shape index (κ1) is 24.3. The molecule has 5 rings (SSSR count). The van der Waals surface area contributed by atoms with Gasteiger partial charge in [-0.3, -0.25) is 4.79 Å². The van der Waals surface area contributed by atoms with Gasteiger partial charge in [-0.25, -0.2) is 9.07 Å². The molecule has 0 amide bonds. The molecule has 0 unspecified atom stereocenters. The lowest BCUT2D eigenvalue weighted by Crippen LogP contribution is -2.23. The monoisotopic (exact) mass is 498 g/mol. The largest absolute Gasteiger partial charge is 0.493 e. The van der Waals surface area contributed by atoms with E-state index in [1.807, 2.05) is 60.7 Å².